The number of carbonyl (C=O) groups excluding carboxylic acids is 3. The molecule has 0 saturated carbocycles. The number of benzene rings is 1. The first kappa shape index (κ1) is 16.3. The minimum atomic E-state index is -0.499. The Kier molecular flexibility index (Phi) is 4.44. The van der Waals surface area contributed by atoms with Gasteiger partial charge < -0.3 is 4.57 Å². The van der Waals surface area contributed by atoms with Crippen LogP contribution in [0, 0.1) is 6.92 Å². The van der Waals surface area contributed by atoms with Crippen LogP contribution in [0.3, 0.4) is 0 Å². The third kappa shape index (κ3) is 2.94. The fraction of sp³-hybridized carbons (Fsp3) is 0.294. The first-order valence-electron chi connectivity index (χ1n) is 7.62. The molecule has 0 radical (unpaired) electrons. The van der Waals surface area contributed by atoms with Crippen molar-refractivity contribution in [2.45, 2.75) is 26.3 Å². The maximum atomic E-state index is 12.2. The van der Waals surface area contributed by atoms with Crippen molar-refractivity contribution < 1.29 is 14.4 Å². The zero-order valence-electron chi connectivity index (χ0n) is 13.3. The summed E-state index contributed by atoms with van der Waals surface area (Å²) in [6.45, 7) is 5.99. The number of amides is 3. The lowest BCUT2D eigenvalue weighted by atomic mass is 10.2. The number of fused-ring (bicyclic) bond motifs is 1. The van der Waals surface area contributed by atoms with Crippen LogP contribution in [0.4, 0.5) is 0 Å². The molecule has 1 aromatic carbocycles. The van der Waals surface area contributed by atoms with E-state index in [1.54, 1.807) is 6.08 Å². The quantitative estimate of drug-likeness (QED) is 0.627. The van der Waals surface area contributed by atoms with E-state index in [9.17, 15) is 14.4 Å². The highest BCUT2D eigenvalue weighted by molar-refractivity contribution is 7.16. The molecule has 2 heterocycles. The van der Waals surface area contributed by atoms with Crippen LogP contribution in [0.5, 0.6) is 0 Å². The molecule has 1 aromatic heterocycles. The molecule has 3 amide bonds. The Morgan fingerprint density at radius 1 is 1.33 bits per heavy atom. The number of aryl methyl sites for hydroxylation is 1. The second-order valence-corrected chi connectivity index (χ2v) is 6.59. The number of rotatable bonds is 4. The van der Waals surface area contributed by atoms with Gasteiger partial charge in [0.1, 0.15) is 6.54 Å². The predicted molar refractivity (Wildman–Crippen MR) is 91.3 cm³/mol. The highest BCUT2D eigenvalue weighted by atomic mass is 32.1. The number of thiazole rings is 1. The van der Waals surface area contributed by atoms with Crippen LogP contribution in [0.25, 0.3) is 10.2 Å². The maximum Gasteiger partial charge on any atom is 0.268 e. The molecular formula is C17H17N3O3S. The molecule has 1 aliphatic heterocycles. The molecule has 24 heavy (non-hydrogen) atoms. The standard InChI is InChI=1S/C17H17N3O3S/c1-3-9-19-16-11(2)5-4-6-12(16)24-17(19)18-13(21)10-20-14(22)7-8-15(20)23/h3-6H,1,7-10H2,2H3. The molecule has 1 saturated heterocycles. The fourth-order valence-electron chi connectivity index (χ4n) is 2.77. The summed E-state index contributed by atoms with van der Waals surface area (Å²) in [6, 6.07) is 5.94. The van der Waals surface area contributed by atoms with E-state index in [0.29, 0.717) is 11.3 Å². The molecule has 6 nitrogen and oxygen atoms in total. The van der Waals surface area contributed by atoms with Crippen molar-refractivity contribution in [2.24, 2.45) is 4.99 Å². The van der Waals surface area contributed by atoms with Crippen molar-refractivity contribution in [1.82, 2.24) is 9.47 Å². The smallest absolute Gasteiger partial charge is 0.268 e. The van der Waals surface area contributed by atoms with Crippen molar-refractivity contribution in [2.75, 3.05) is 6.54 Å². The number of nitrogens with zero attached hydrogens (tertiary/aromatic N) is 3. The molecule has 0 spiro atoms. The van der Waals surface area contributed by atoms with Crippen LogP contribution in [-0.4, -0.2) is 33.7 Å². The SMILES string of the molecule is C=CCn1c(=NC(=O)CN2C(=O)CCC2=O)sc2cccc(C)c21. The van der Waals surface area contributed by atoms with Gasteiger partial charge in [0.2, 0.25) is 11.8 Å². The van der Waals surface area contributed by atoms with Crippen LogP contribution >= 0.6 is 11.3 Å². The zero-order chi connectivity index (χ0) is 17.3. The summed E-state index contributed by atoms with van der Waals surface area (Å²) in [5.41, 5.74) is 2.10. The Morgan fingerprint density at radius 2 is 2.04 bits per heavy atom. The number of aromatic nitrogens is 1. The minimum absolute atomic E-state index is 0.171. The van der Waals surface area contributed by atoms with Gasteiger partial charge in [0.25, 0.3) is 5.91 Å². The van der Waals surface area contributed by atoms with Gasteiger partial charge in [0.05, 0.1) is 10.2 Å². The van der Waals surface area contributed by atoms with Crippen molar-refractivity contribution >= 4 is 39.3 Å². The second-order valence-electron chi connectivity index (χ2n) is 5.58. The van der Waals surface area contributed by atoms with Gasteiger partial charge in [-0.05, 0) is 18.6 Å². The molecular weight excluding hydrogens is 326 g/mol. The third-order valence-electron chi connectivity index (χ3n) is 3.88. The molecule has 0 atom stereocenters. The first-order chi connectivity index (χ1) is 11.5. The van der Waals surface area contributed by atoms with E-state index in [4.69, 9.17) is 0 Å². The van der Waals surface area contributed by atoms with Gasteiger partial charge in [-0.2, -0.15) is 4.99 Å². The highest BCUT2D eigenvalue weighted by Gasteiger charge is 2.30. The Morgan fingerprint density at radius 3 is 2.71 bits per heavy atom. The van der Waals surface area contributed by atoms with Crippen LogP contribution in [0.1, 0.15) is 18.4 Å². The molecule has 0 aliphatic carbocycles. The van der Waals surface area contributed by atoms with E-state index in [0.717, 1.165) is 20.7 Å². The molecule has 7 heteroatoms. The Labute approximate surface area is 142 Å². The highest BCUT2D eigenvalue weighted by Crippen LogP contribution is 2.21. The van der Waals surface area contributed by atoms with Crippen LogP contribution < -0.4 is 4.80 Å². The predicted octanol–water partition coefficient (Wildman–Crippen LogP) is 1.77. The Bertz CT molecular complexity index is 907. The van der Waals surface area contributed by atoms with E-state index in [1.807, 2.05) is 29.7 Å². The fourth-order valence-corrected chi connectivity index (χ4v) is 3.90. The number of imide groups is 1. The number of hydrogen-bond acceptors (Lipinski definition) is 4. The molecule has 2 aromatic rings. The average molecular weight is 343 g/mol. The summed E-state index contributed by atoms with van der Waals surface area (Å²) in [6.07, 6.45) is 2.09. The van der Waals surface area contributed by atoms with Gasteiger partial charge in [-0.25, -0.2) is 0 Å². The maximum absolute atomic E-state index is 12.2. The van der Waals surface area contributed by atoms with Gasteiger partial charge >= 0.3 is 0 Å². The second kappa shape index (κ2) is 6.52. The summed E-state index contributed by atoms with van der Waals surface area (Å²) in [5.74, 6) is -1.12. The van der Waals surface area contributed by atoms with Crippen molar-refractivity contribution in [3.63, 3.8) is 0 Å². The lowest BCUT2D eigenvalue weighted by Gasteiger charge is -2.10. The Balaban J connectivity index is 2.00. The lowest BCUT2D eigenvalue weighted by Crippen LogP contribution is -2.34. The largest absolute Gasteiger partial charge is 0.312 e. The Hall–Kier alpha value is -2.54. The summed E-state index contributed by atoms with van der Waals surface area (Å²) in [7, 11) is 0. The van der Waals surface area contributed by atoms with Crippen LogP contribution in [-0.2, 0) is 20.9 Å². The van der Waals surface area contributed by atoms with E-state index < -0.39 is 5.91 Å². The zero-order valence-corrected chi connectivity index (χ0v) is 14.1. The summed E-state index contributed by atoms with van der Waals surface area (Å²) < 4.78 is 2.95. The van der Waals surface area contributed by atoms with Crippen LogP contribution in [0.15, 0.2) is 35.8 Å². The van der Waals surface area contributed by atoms with E-state index in [2.05, 4.69) is 11.6 Å². The molecule has 1 aliphatic rings. The topological polar surface area (TPSA) is 71.7 Å². The van der Waals surface area contributed by atoms with E-state index in [1.165, 1.54) is 11.3 Å². The molecule has 0 bridgehead atoms. The number of likely N-dealkylation sites (tertiary alicyclic amines) is 1. The van der Waals surface area contributed by atoms with Crippen molar-refractivity contribution in [3.05, 3.63) is 41.2 Å². The summed E-state index contributed by atoms with van der Waals surface area (Å²) in [5, 5.41) is 0. The summed E-state index contributed by atoms with van der Waals surface area (Å²) >= 11 is 1.41. The van der Waals surface area contributed by atoms with Gasteiger partial charge in [0, 0.05) is 19.4 Å². The number of allylic oxidation sites excluding steroid dienone is 1. The summed E-state index contributed by atoms with van der Waals surface area (Å²) in [4.78, 5) is 41.1. The first-order valence-corrected chi connectivity index (χ1v) is 8.43. The van der Waals surface area contributed by atoms with Gasteiger partial charge in [0.15, 0.2) is 4.80 Å². The average Bonchev–Trinajstić information content (AvgIpc) is 3.04. The van der Waals surface area contributed by atoms with Crippen LogP contribution in [0.2, 0.25) is 0 Å². The molecule has 1 fully saturated rings. The molecule has 124 valence electrons. The minimum Gasteiger partial charge on any atom is -0.312 e. The number of para-hydroxylation sites is 1. The number of carbonyl (C=O) groups is 3. The van der Waals surface area contributed by atoms with Gasteiger partial charge in [-0.15, -0.1) is 6.58 Å². The normalized spacial score (nSPS) is 15.5. The molecule has 3 rings (SSSR count). The van der Waals surface area contributed by atoms with Crippen molar-refractivity contribution in [3.8, 4) is 0 Å². The molecule has 0 N–H and O–H groups in total. The number of hydrogen-bond donors (Lipinski definition) is 0. The van der Waals surface area contributed by atoms with E-state index in [-0.39, 0.29) is 31.2 Å². The van der Waals surface area contributed by atoms with Gasteiger partial charge in [-0.3, -0.25) is 19.3 Å². The monoisotopic (exact) mass is 343 g/mol. The van der Waals surface area contributed by atoms with E-state index >= 15 is 0 Å². The van der Waals surface area contributed by atoms with Crippen molar-refractivity contribution in [1.29, 1.82) is 0 Å². The third-order valence-corrected chi connectivity index (χ3v) is 4.93. The van der Waals surface area contributed by atoms with Gasteiger partial charge in [-0.1, -0.05) is 29.5 Å². The lowest BCUT2D eigenvalue weighted by molar-refractivity contribution is -0.141. The molecule has 0 unspecified atom stereocenters.